The molecule has 2 aromatic heterocycles. The van der Waals surface area contributed by atoms with Crippen molar-refractivity contribution in [3.63, 3.8) is 0 Å². The molecule has 2 aromatic carbocycles. The van der Waals surface area contributed by atoms with Gasteiger partial charge in [0.25, 0.3) is 0 Å². The first-order valence-corrected chi connectivity index (χ1v) is 7.51. The van der Waals surface area contributed by atoms with Crippen molar-refractivity contribution in [2.24, 2.45) is 0 Å². The SMILES string of the molecule is c1csc(Nc2ccc(-c3ccc4occc4c3)cc2)n1. The molecular weight excluding hydrogens is 280 g/mol. The molecule has 0 atom stereocenters. The second-order valence-corrected chi connectivity index (χ2v) is 5.61. The molecule has 0 saturated heterocycles. The number of nitrogens with one attached hydrogen (secondary N) is 1. The number of fused-ring (bicyclic) bond motifs is 1. The molecule has 0 spiro atoms. The van der Waals surface area contributed by atoms with E-state index in [4.69, 9.17) is 4.42 Å². The molecular formula is C17H12N2OS. The number of rotatable bonds is 3. The summed E-state index contributed by atoms with van der Waals surface area (Å²) in [5.41, 5.74) is 4.33. The van der Waals surface area contributed by atoms with E-state index >= 15 is 0 Å². The van der Waals surface area contributed by atoms with Crippen LogP contribution in [0.25, 0.3) is 22.1 Å². The van der Waals surface area contributed by atoms with Crippen molar-refractivity contribution in [3.8, 4) is 11.1 Å². The maximum absolute atomic E-state index is 5.37. The van der Waals surface area contributed by atoms with E-state index in [9.17, 15) is 0 Å². The topological polar surface area (TPSA) is 38.1 Å². The van der Waals surface area contributed by atoms with Gasteiger partial charge in [-0.05, 0) is 41.5 Å². The van der Waals surface area contributed by atoms with Crippen molar-refractivity contribution in [3.05, 3.63) is 66.4 Å². The highest BCUT2D eigenvalue weighted by Crippen LogP contribution is 2.27. The molecule has 4 rings (SSSR count). The molecule has 0 amide bonds. The van der Waals surface area contributed by atoms with Gasteiger partial charge in [-0.2, -0.15) is 0 Å². The van der Waals surface area contributed by atoms with Crippen LogP contribution >= 0.6 is 11.3 Å². The summed E-state index contributed by atoms with van der Waals surface area (Å²) in [6.07, 6.45) is 3.51. The summed E-state index contributed by atoms with van der Waals surface area (Å²) in [7, 11) is 0. The summed E-state index contributed by atoms with van der Waals surface area (Å²) in [6.45, 7) is 0. The molecule has 0 unspecified atom stereocenters. The second-order valence-electron chi connectivity index (χ2n) is 4.71. The molecule has 0 aliphatic heterocycles. The van der Waals surface area contributed by atoms with E-state index in [1.165, 1.54) is 11.1 Å². The van der Waals surface area contributed by atoms with Crippen LogP contribution in [0.5, 0.6) is 0 Å². The Morgan fingerprint density at radius 1 is 0.952 bits per heavy atom. The summed E-state index contributed by atoms with van der Waals surface area (Å²) < 4.78 is 5.37. The molecule has 0 bridgehead atoms. The molecule has 102 valence electrons. The van der Waals surface area contributed by atoms with E-state index in [-0.39, 0.29) is 0 Å². The fourth-order valence-electron chi connectivity index (χ4n) is 2.30. The molecule has 0 aliphatic rings. The third-order valence-corrected chi connectivity index (χ3v) is 4.04. The van der Waals surface area contributed by atoms with Crippen molar-refractivity contribution in [1.82, 2.24) is 4.98 Å². The molecule has 0 saturated carbocycles. The third kappa shape index (κ3) is 2.41. The highest BCUT2D eigenvalue weighted by Gasteiger charge is 2.02. The quantitative estimate of drug-likeness (QED) is 0.557. The van der Waals surface area contributed by atoms with Gasteiger partial charge in [0, 0.05) is 22.7 Å². The zero-order valence-corrected chi connectivity index (χ0v) is 11.9. The maximum Gasteiger partial charge on any atom is 0.187 e. The van der Waals surface area contributed by atoms with Crippen LogP contribution in [-0.4, -0.2) is 4.98 Å². The normalized spacial score (nSPS) is 10.9. The van der Waals surface area contributed by atoms with Crippen LogP contribution < -0.4 is 5.32 Å². The monoisotopic (exact) mass is 292 g/mol. The van der Waals surface area contributed by atoms with Crippen molar-refractivity contribution < 1.29 is 4.42 Å². The molecule has 4 heteroatoms. The minimum atomic E-state index is 0.905. The van der Waals surface area contributed by atoms with Crippen LogP contribution in [-0.2, 0) is 0 Å². The Labute approximate surface area is 125 Å². The van der Waals surface area contributed by atoms with Gasteiger partial charge in [-0.1, -0.05) is 18.2 Å². The second kappa shape index (κ2) is 5.07. The standard InChI is InChI=1S/C17H12N2OS/c1-4-15(19-17-18-8-10-21-17)5-2-12(1)13-3-6-16-14(11-13)7-9-20-16/h1-11H,(H,18,19). The summed E-state index contributed by atoms with van der Waals surface area (Å²) in [5, 5.41) is 7.26. The van der Waals surface area contributed by atoms with Crippen LogP contribution in [0.3, 0.4) is 0 Å². The molecule has 21 heavy (non-hydrogen) atoms. The Balaban J connectivity index is 1.63. The van der Waals surface area contributed by atoms with Gasteiger partial charge in [0.15, 0.2) is 5.13 Å². The lowest BCUT2D eigenvalue weighted by molar-refractivity contribution is 0.616. The maximum atomic E-state index is 5.37. The smallest absolute Gasteiger partial charge is 0.187 e. The van der Waals surface area contributed by atoms with Gasteiger partial charge < -0.3 is 9.73 Å². The molecule has 0 fully saturated rings. The Bertz CT molecular complexity index is 863. The zero-order chi connectivity index (χ0) is 14.1. The number of thiazole rings is 1. The minimum Gasteiger partial charge on any atom is -0.464 e. The van der Waals surface area contributed by atoms with Crippen molar-refractivity contribution in [1.29, 1.82) is 0 Å². The number of anilines is 2. The van der Waals surface area contributed by atoms with Gasteiger partial charge in [-0.3, -0.25) is 0 Å². The molecule has 2 heterocycles. The van der Waals surface area contributed by atoms with E-state index in [2.05, 4.69) is 46.7 Å². The molecule has 3 nitrogen and oxygen atoms in total. The number of benzene rings is 2. The van der Waals surface area contributed by atoms with E-state index in [1.54, 1.807) is 23.8 Å². The van der Waals surface area contributed by atoms with Gasteiger partial charge in [0.1, 0.15) is 5.58 Å². The summed E-state index contributed by atoms with van der Waals surface area (Å²) in [4.78, 5) is 4.22. The molecule has 0 radical (unpaired) electrons. The number of nitrogens with zero attached hydrogens (tertiary/aromatic N) is 1. The minimum absolute atomic E-state index is 0.905. The number of hydrogen-bond acceptors (Lipinski definition) is 4. The Morgan fingerprint density at radius 3 is 2.62 bits per heavy atom. The van der Waals surface area contributed by atoms with Gasteiger partial charge in [-0.25, -0.2) is 4.98 Å². The molecule has 4 aromatic rings. The Hall–Kier alpha value is -2.59. The fourth-order valence-corrected chi connectivity index (χ4v) is 2.85. The zero-order valence-electron chi connectivity index (χ0n) is 11.1. The molecule has 1 N–H and O–H groups in total. The van der Waals surface area contributed by atoms with Gasteiger partial charge >= 0.3 is 0 Å². The van der Waals surface area contributed by atoms with Gasteiger partial charge in [0.05, 0.1) is 6.26 Å². The first-order chi connectivity index (χ1) is 10.4. The van der Waals surface area contributed by atoms with Gasteiger partial charge in [-0.15, -0.1) is 11.3 Å². The average Bonchev–Trinajstić information content (AvgIpc) is 3.18. The van der Waals surface area contributed by atoms with Crippen LogP contribution in [0.1, 0.15) is 0 Å². The van der Waals surface area contributed by atoms with Crippen molar-refractivity contribution >= 4 is 33.1 Å². The predicted octanol–water partition coefficient (Wildman–Crippen LogP) is 5.30. The largest absolute Gasteiger partial charge is 0.464 e. The number of aromatic nitrogens is 1. The van der Waals surface area contributed by atoms with Crippen molar-refractivity contribution in [2.75, 3.05) is 5.32 Å². The lowest BCUT2D eigenvalue weighted by Crippen LogP contribution is -1.88. The predicted molar refractivity (Wildman–Crippen MR) is 87.0 cm³/mol. The summed E-state index contributed by atoms with van der Waals surface area (Å²) in [5.74, 6) is 0. The average molecular weight is 292 g/mol. The molecule has 0 aliphatic carbocycles. The Morgan fingerprint density at radius 2 is 1.81 bits per heavy atom. The van der Waals surface area contributed by atoms with E-state index < -0.39 is 0 Å². The first-order valence-electron chi connectivity index (χ1n) is 6.63. The highest BCUT2D eigenvalue weighted by molar-refractivity contribution is 7.13. The fraction of sp³-hybridized carbons (Fsp3) is 0. The lowest BCUT2D eigenvalue weighted by atomic mass is 10.0. The van der Waals surface area contributed by atoms with Crippen molar-refractivity contribution in [2.45, 2.75) is 0 Å². The summed E-state index contributed by atoms with van der Waals surface area (Å²) >= 11 is 1.59. The lowest BCUT2D eigenvalue weighted by Gasteiger charge is -2.05. The third-order valence-electron chi connectivity index (χ3n) is 3.35. The van der Waals surface area contributed by atoms with Crippen LogP contribution in [0.15, 0.2) is 70.8 Å². The summed E-state index contributed by atoms with van der Waals surface area (Å²) in [6, 6.07) is 16.6. The van der Waals surface area contributed by atoms with Crippen LogP contribution in [0, 0.1) is 0 Å². The number of furan rings is 1. The number of hydrogen-bond donors (Lipinski definition) is 1. The van der Waals surface area contributed by atoms with E-state index in [1.807, 2.05) is 17.5 Å². The van der Waals surface area contributed by atoms with E-state index in [0.29, 0.717) is 0 Å². The van der Waals surface area contributed by atoms with Gasteiger partial charge in [0.2, 0.25) is 0 Å². The first kappa shape index (κ1) is 12.2. The van der Waals surface area contributed by atoms with E-state index in [0.717, 1.165) is 21.8 Å². The van der Waals surface area contributed by atoms with Crippen LogP contribution in [0.2, 0.25) is 0 Å². The van der Waals surface area contributed by atoms with Crippen LogP contribution in [0.4, 0.5) is 10.8 Å². The Kier molecular flexibility index (Phi) is 2.94. The highest BCUT2D eigenvalue weighted by atomic mass is 32.1.